The summed E-state index contributed by atoms with van der Waals surface area (Å²) in [6, 6.07) is 2.19. The van der Waals surface area contributed by atoms with Gasteiger partial charge >= 0.3 is 6.18 Å². The first-order chi connectivity index (χ1) is 9.31. The molecule has 1 aliphatic heterocycles. The first-order valence-electron chi connectivity index (χ1n) is 5.89. The number of ether oxygens (including phenoxy) is 1. The van der Waals surface area contributed by atoms with Gasteiger partial charge in [0.05, 0.1) is 5.02 Å². The van der Waals surface area contributed by atoms with Crippen LogP contribution in [-0.4, -0.2) is 25.2 Å². The van der Waals surface area contributed by atoms with Crippen molar-refractivity contribution in [1.82, 2.24) is 5.32 Å². The Morgan fingerprint density at radius 3 is 2.75 bits per heavy atom. The second-order valence-corrected chi connectivity index (χ2v) is 4.66. The molecular formula is C12H12ClF3N2O2. The molecule has 20 heavy (non-hydrogen) atoms. The minimum atomic E-state index is -4.45. The number of fused-ring (bicyclic) bond motifs is 1. The van der Waals surface area contributed by atoms with Crippen LogP contribution >= 0.6 is 11.6 Å². The Bertz CT molecular complexity index is 534. The lowest BCUT2D eigenvalue weighted by Crippen LogP contribution is -2.27. The Kier molecular flexibility index (Phi) is 4.10. The van der Waals surface area contributed by atoms with Crippen LogP contribution in [0.4, 0.5) is 18.9 Å². The number of halogens is 4. The molecule has 0 fully saturated rings. The number of nitrogens with one attached hydrogen (secondary N) is 2. The molecule has 1 unspecified atom stereocenters. The van der Waals surface area contributed by atoms with Gasteiger partial charge in [0, 0.05) is 17.3 Å². The molecule has 4 nitrogen and oxygen atoms in total. The predicted molar refractivity (Wildman–Crippen MR) is 68.0 cm³/mol. The third kappa shape index (κ3) is 3.16. The molecule has 0 saturated carbocycles. The fourth-order valence-electron chi connectivity index (χ4n) is 1.94. The number of anilines is 1. The molecule has 0 bridgehead atoms. The average molecular weight is 309 g/mol. The smallest absolute Gasteiger partial charge is 0.422 e. The molecule has 1 amide bonds. The summed E-state index contributed by atoms with van der Waals surface area (Å²) in [6.07, 6.45) is -4.45. The summed E-state index contributed by atoms with van der Waals surface area (Å²) in [6.45, 7) is 0.977. The van der Waals surface area contributed by atoms with Crippen molar-refractivity contribution in [1.29, 1.82) is 0 Å². The number of hydrogen-bond donors (Lipinski definition) is 2. The number of rotatable bonds is 4. The van der Waals surface area contributed by atoms with E-state index >= 15 is 0 Å². The van der Waals surface area contributed by atoms with E-state index in [2.05, 4.69) is 15.4 Å². The van der Waals surface area contributed by atoms with Gasteiger partial charge in [-0.2, -0.15) is 13.2 Å². The third-order valence-electron chi connectivity index (χ3n) is 2.73. The minimum absolute atomic E-state index is 0.0346. The van der Waals surface area contributed by atoms with Crippen LogP contribution in [0.1, 0.15) is 18.5 Å². The zero-order chi connectivity index (χ0) is 14.9. The lowest BCUT2D eigenvalue weighted by Gasteiger charge is -2.13. The molecule has 2 N–H and O–H groups in total. The summed E-state index contributed by atoms with van der Waals surface area (Å²) < 4.78 is 41.0. The van der Waals surface area contributed by atoms with Crippen molar-refractivity contribution in [3.63, 3.8) is 0 Å². The van der Waals surface area contributed by atoms with Gasteiger partial charge in [-0.3, -0.25) is 4.79 Å². The molecule has 2 rings (SSSR count). The van der Waals surface area contributed by atoms with E-state index in [1.165, 1.54) is 12.1 Å². The van der Waals surface area contributed by atoms with Crippen LogP contribution in [0.5, 0.6) is 5.75 Å². The van der Waals surface area contributed by atoms with E-state index in [0.29, 0.717) is 17.8 Å². The molecule has 1 atom stereocenters. The van der Waals surface area contributed by atoms with E-state index in [1.54, 1.807) is 0 Å². The highest BCUT2D eigenvalue weighted by Crippen LogP contribution is 2.38. The van der Waals surface area contributed by atoms with Gasteiger partial charge in [0.25, 0.3) is 0 Å². The number of amides is 1. The normalized spacial score (nSPS) is 17.9. The maximum Gasteiger partial charge on any atom is 0.422 e. The van der Waals surface area contributed by atoms with Crippen LogP contribution in [0.25, 0.3) is 0 Å². The van der Waals surface area contributed by atoms with Crippen LogP contribution in [0.2, 0.25) is 5.02 Å². The second kappa shape index (κ2) is 5.49. The molecule has 1 aromatic carbocycles. The van der Waals surface area contributed by atoms with E-state index in [-0.39, 0.29) is 16.7 Å². The van der Waals surface area contributed by atoms with Crippen molar-refractivity contribution in [2.75, 3.05) is 18.5 Å². The molecule has 0 saturated heterocycles. The molecule has 110 valence electrons. The van der Waals surface area contributed by atoms with Gasteiger partial charge in [0.1, 0.15) is 11.8 Å². The van der Waals surface area contributed by atoms with Crippen LogP contribution in [0.3, 0.4) is 0 Å². The summed E-state index contributed by atoms with van der Waals surface area (Å²) in [5, 5.41) is 5.57. The summed E-state index contributed by atoms with van der Waals surface area (Å²) in [5.41, 5.74) is 1.00. The molecule has 0 aliphatic carbocycles. The Morgan fingerprint density at radius 1 is 1.45 bits per heavy atom. The number of carbonyl (C=O) groups excluding carboxylic acids is 1. The summed E-state index contributed by atoms with van der Waals surface area (Å²) in [4.78, 5) is 11.7. The van der Waals surface area contributed by atoms with Gasteiger partial charge in [-0.25, -0.2) is 0 Å². The highest BCUT2D eigenvalue weighted by molar-refractivity contribution is 6.32. The molecule has 0 aromatic heterocycles. The fourth-order valence-corrected chi connectivity index (χ4v) is 2.17. The quantitative estimate of drug-likeness (QED) is 0.899. The highest BCUT2D eigenvalue weighted by atomic mass is 35.5. The van der Waals surface area contributed by atoms with Crippen LogP contribution in [-0.2, 0) is 4.79 Å². The second-order valence-electron chi connectivity index (χ2n) is 4.25. The van der Waals surface area contributed by atoms with Crippen molar-refractivity contribution < 1.29 is 22.7 Å². The monoisotopic (exact) mass is 308 g/mol. The van der Waals surface area contributed by atoms with Gasteiger partial charge in [-0.15, -0.1) is 0 Å². The predicted octanol–water partition coefficient (Wildman–Crippen LogP) is 2.88. The van der Waals surface area contributed by atoms with Crippen molar-refractivity contribution >= 4 is 23.2 Å². The Hall–Kier alpha value is -1.47. The summed E-state index contributed by atoms with van der Waals surface area (Å²) in [7, 11) is 0. The van der Waals surface area contributed by atoms with E-state index in [4.69, 9.17) is 11.6 Å². The first-order valence-corrected chi connectivity index (χ1v) is 6.27. The standard InChI is InChI=1S/C12H12ClF3N2O2/c1-2-17-10-6-3-7(13)9(20-5-12(14,15)16)4-8(6)18-11(10)19/h3-4,10,17H,2,5H2,1H3,(H,18,19). The molecule has 8 heteroatoms. The molecular weight excluding hydrogens is 297 g/mol. The zero-order valence-electron chi connectivity index (χ0n) is 10.5. The fraction of sp³-hybridized carbons (Fsp3) is 0.417. The summed E-state index contributed by atoms with van der Waals surface area (Å²) >= 11 is 5.89. The zero-order valence-corrected chi connectivity index (χ0v) is 11.2. The maximum absolute atomic E-state index is 12.1. The maximum atomic E-state index is 12.1. The number of likely N-dealkylation sites (N-methyl/N-ethyl adjacent to an activating group) is 1. The third-order valence-corrected chi connectivity index (χ3v) is 3.03. The van der Waals surface area contributed by atoms with Gasteiger partial charge in [0.15, 0.2) is 6.61 Å². The molecule has 0 spiro atoms. The Morgan fingerprint density at radius 2 is 2.15 bits per heavy atom. The summed E-state index contributed by atoms with van der Waals surface area (Å²) in [5.74, 6) is -0.383. The van der Waals surface area contributed by atoms with Gasteiger partial charge < -0.3 is 15.4 Å². The van der Waals surface area contributed by atoms with Crippen molar-refractivity contribution in [2.24, 2.45) is 0 Å². The average Bonchev–Trinajstić information content (AvgIpc) is 2.63. The topological polar surface area (TPSA) is 50.4 Å². The van der Waals surface area contributed by atoms with E-state index in [0.717, 1.165) is 0 Å². The number of alkyl halides is 3. The Balaban J connectivity index is 2.24. The van der Waals surface area contributed by atoms with Crippen LogP contribution in [0, 0.1) is 0 Å². The van der Waals surface area contributed by atoms with E-state index < -0.39 is 18.8 Å². The number of hydrogen-bond acceptors (Lipinski definition) is 3. The lowest BCUT2D eigenvalue weighted by atomic mass is 10.1. The van der Waals surface area contributed by atoms with Crippen LogP contribution in [0.15, 0.2) is 12.1 Å². The van der Waals surface area contributed by atoms with Crippen molar-refractivity contribution in [3.8, 4) is 5.75 Å². The molecule has 0 radical (unpaired) electrons. The minimum Gasteiger partial charge on any atom is -0.482 e. The Labute approximate surface area is 118 Å². The van der Waals surface area contributed by atoms with E-state index in [1.807, 2.05) is 6.92 Å². The van der Waals surface area contributed by atoms with Crippen molar-refractivity contribution in [3.05, 3.63) is 22.7 Å². The molecule has 1 aromatic rings. The van der Waals surface area contributed by atoms with Gasteiger partial charge in [0.2, 0.25) is 5.91 Å². The molecule has 1 aliphatic rings. The first kappa shape index (κ1) is 14.9. The largest absolute Gasteiger partial charge is 0.482 e. The number of benzene rings is 1. The van der Waals surface area contributed by atoms with E-state index in [9.17, 15) is 18.0 Å². The lowest BCUT2D eigenvalue weighted by molar-refractivity contribution is -0.153. The SMILES string of the molecule is CCNC1C(=O)Nc2cc(OCC(F)(F)F)c(Cl)cc21. The van der Waals surface area contributed by atoms with Gasteiger partial charge in [-0.05, 0) is 12.6 Å². The van der Waals surface area contributed by atoms with Crippen LogP contribution < -0.4 is 15.4 Å². The molecule has 1 heterocycles. The van der Waals surface area contributed by atoms with Crippen molar-refractivity contribution in [2.45, 2.75) is 19.1 Å². The number of carbonyl (C=O) groups is 1. The highest BCUT2D eigenvalue weighted by Gasteiger charge is 2.32. The van der Waals surface area contributed by atoms with Gasteiger partial charge in [-0.1, -0.05) is 18.5 Å².